The topological polar surface area (TPSA) is 68.5 Å². The van der Waals surface area contributed by atoms with Crippen LogP contribution in [0.15, 0.2) is 6.20 Å². The zero-order valence-electron chi connectivity index (χ0n) is 10.6. The Balaban J connectivity index is 1.88. The average molecular weight is 269 g/mol. The first-order valence-corrected chi connectivity index (χ1v) is 7.10. The molecular formula is C12H19N3O2S. The van der Waals surface area contributed by atoms with Crippen molar-refractivity contribution in [1.82, 2.24) is 9.88 Å². The summed E-state index contributed by atoms with van der Waals surface area (Å²) in [6.45, 7) is 4.93. The summed E-state index contributed by atoms with van der Waals surface area (Å²) in [6, 6.07) is 0. The van der Waals surface area contributed by atoms with Gasteiger partial charge >= 0.3 is 5.97 Å². The number of carbonyl (C=O) groups is 1. The molecule has 100 valence electrons. The van der Waals surface area contributed by atoms with Crippen molar-refractivity contribution in [3.8, 4) is 0 Å². The van der Waals surface area contributed by atoms with Crippen LogP contribution in [-0.4, -0.2) is 35.5 Å². The molecular weight excluding hydrogens is 250 g/mol. The van der Waals surface area contributed by atoms with Crippen LogP contribution in [0.4, 0.5) is 5.13 Å². The number of hydrogen-bond acceptors (Lipinski definition) is 6. The van der Waals surface area contributed by atoms with Crippen LogP contribution in [0.25, 0.3) is 0 Å². The Kier molecular flexibility index (Phi) is 4.54. The lowest BCUT2D eigenvalue weighted by Crippen LogP contribution is -2.38. The molecule has 1 aliphatic heterocycles. The molecule has 5 nitrogen and oxygen atoms in total. The maximum absolute atomic E-state index is 11.7. The zero-order chi connectivity index (χ0) is 13.0. The Morgan fingerprint density at radius 3 is 3.22 bits per heavy atom. The van der Waals surface area contributed by atoms with E-state index in [9.17, 15) is 4.79 Å². The van der Waals surface area contributed by atoms with E-state index in [-0.39, 0.29) is 11.9 Å². The summed E-state index contributed by atoms with van der Waals surface area (Å²) >= 11 is 1.51. The van der Waals surface area contributed by atoms with Gasteiger partial charge in [0.2, 0.25) is 0 Å². The highest BCUT2D eigenvalue weighted by molar-refractivity contribution is 7.15. The maximum atomic E-state index is 11.7. The number of nitrogens with zero attached hydrogens (tertiary/aromatic N) is 2. The molecule has 1 aromatic rings. The number of nitrogens with two attached hydrogens (primary N) is 1. The largest absolute Gasteiger partial charge is 0.466 e. The van der Waals surface area contributed by atoms with Gasteiger partial charge in [-0.3, -0.25) is 9.69 Å². The molecule has 0 unspecified atom stereocenters. The third-order valence-corrected chi connectivity index (χ3v) is 3.89. The van der Waals surface area contributed by atoms with Crippen molar-refractivity contribution < 1.29 is 9.53 Å². The molecule has 18 heavy (non-hydrogen) atoms. The van der Waals surface area contributed by atoms with Crippen molar-refractivity contribution in [2.24, 2.45) is 5.92 Å². The summed E-state index contributed by atoms with van der Waals surface area (Å²) in [4.78, 5) is 19.2. The van der Waals surface area contributed by atoms with Gasteiger partial charge in [-0.15, -0.1) is 11.3 Å². The van der Waals surface area contributed by atoms with Gasteiger partial charge < -0.3 is 10.5 Å². The second kappa shape index (κ2) is 6.15. The van der Waals surface area contributed by atoms with Crippen molar-refractivity contribution in [3.05, 3.63) is 11.1 Å². The lowest BCUT2D eigenvalue weighted by Gasteiger charge is -2.30. The van der Waals surface area contributed by atoms with Crippen LogP contribution >= 0.6 is 11.3 Å². The minimum absolute atomic E-state index is 0.0176. The van der Waals surface area contributed by atoms with Crippen molar-refractivity contribution >= 4 is 22.4 Å². The Labute approximate surface area is 111 Å². The SMILES string of the molecule is CCOC(=O)[C@@H]1CCCN(Cc2cnc(N)s2)C1. The van der Waals surface area contributed by atoms with Crippen LogP contribution in [0.2, 0.25) is 0 Å². The van der Waals surface area contributed by atoms with Gasteiger partial charge in [0.15, 0.2) is 5.13 Å². The molecule has 1 saturated heterocycles. The highest BCUT2D eigenvalue weighted by Gasteiger charge is 2.26. The van der Waals surface area contributed by atoms with Gasteiger partial charge in [-0.25, -0.2) is 4.98 Å². The summed E-state index contributed by atoms with van der Waals surface area (Å²) in [6.07, 6.45) is 3.78. The third kappa shape index (κ3) is 3.43. The van der Waals surface area contributed by atoms with Gasteiger partial charge in [-0.1, -0.05) is 0 Å². The number of ether oxygens (including phenoxy) is 1. The second-order valence-corrected chi connectivity index (χ2v) is 5.64. The highest BCUT2D eigenvalue weighted by atomic mass is 32.1. The number of thiazole rings is 1. The number of hydrogen-bond donors (Lipinski definition) is 1. The summed E-state index contributed by atoms with van der Waals surface area (Å²) in [5.74, 6) is -0.0463. The fourth-order valence-electron chi connectivity index (χ4n) is 2.27. The van der Waals surface area contributed by atoms with Crippen LogP contribution in [-0.2, 0) is 16.1 Å². The molecule has 2 heterocycles. The molecule has 0 amide bonds. The number of aromatic nitrogens is 1. The molecule has 0 spiro atoms. The Morgan fingerprint density at radius 2 is 2.56 bits per heavy atom. The summed E-state index contributed by atoms with van der Waals surface area (Å²) < 4.78 is 5.09. The van der Waals surface area contributed by atoms with Gasteiger partial charge in [0.25, 0.3) is 0 Å². The predicted molar refractivity (Wildman–Crippen MR) is 71.2 cm³/mol. The Bertz CT molecular complexity index is 408. The van der Waals surface area contributed by atoms with Crippen molar-refractivity contribution in [3.63, 3.8) is 0 Å². The molecule has 6 heteroatoms. The number of esters is 1. The number of anilines is 1. The van der Waals surface area contributed by atoms with E-state index in [1.54, 1.807) is 0 Å². The lowest BCUT2D eigenvalue weighted by molar-refractivity contribution is -0.150. The quantitative estimate of drug-likeness (QED) is 0.839. The highest BCUT2D eigenvalue weighted by Crippen LogP contribution is 2.22. The van der Waals surface area contributed by atoms with Crippen LogP contribution in [0.1, 0.15) is 24.6 Å². The van der Waals surface area contributed by atoms with Crippen LogP contribution in [0.3, 0.4) is 0 Å². The molecule has 0 saturated carbocycles. The molecule has 0 radical (unpaired) electrons. The van der Waals surface area contributed by atoms with E-state index in [0.717, 1.165) is 37.4 Å². The van der Waals surface area contributed by atoms with E-state index in [1.807, 2.05) is 13.1 Å². The van der Waals surface area contributed by atoms with Crippen molar-refractivity contribution in [2.75, 3.05) is 25.4 Å². The smallest absolute Gasteiger partial charge is 0.310 e. The molecule has 0 aromatic carbocycles. The minimum atomic E-state index is -0.0639. The molecule has 0 bridgehead atoms. The van der Waals surface area contributed by atoms with Crippen LogP contribution < -0.4 is 5.73 Å². The van der Waals surface area contributed by atoms with E-state index in [4.69, 9.17) is 10.5 Å². The molecule has 2 rings (SSSR count). The average Bonchev–Trinajstić information content (AvgIpc) is 2.75. The molecule has 1 atom stereocenters. The number of carbonyl (C=O) groups excluding carboxylic acids is 1. The van der Waals surface area contributed by atoms with Gasteiger partial charge in [-0.05, 0) is 26.3 Å². The van der Waals surface area contributed by atoms with Gasteiger partial charge in [-0.2, -0.15) is 0 Å². The fourth-order valence-corrected chi connectivity index (χ4v) is 2.99. The predicted octanol–water partition coefficient (Wildman–Crippen LogP) is 1.50. The monoisotopic (exact) mass is 269 g/mol. The molecule has 2 N–H and O–H groups in total. The van der Waals surface area contributed by atoms with E-state index in [0.29, 0.717) is 11.7 Å². The summed E-state index contributed by atoms with van der Waals surface area (Å²) in [7, 11) is 0. The van der Waals surface area contributed by atoms with E-state index < -0.39 is 0 Å². The fraction of sp³-hybridized carbons (Fsp3) is 0.667. The van der Waals surface area contributed by atoms with E-state index in [2.05, 4.69) is 9.88 Å². The summed E-state index contributed by atoms with van der Waals surface area (Å²) in [5, 5.41) is 0.601. The first-order valence-electron chi connectivity index (χ1n) is 6.28. The lowest BCUT2D eigenvalue weighted by atomic mass is 9.98. The first-order chi connectivity index (χ1) is 8.69. The summed E-state index contributed by atoms with van der Waals surface area (Å²) in [5.41, 5.74) is 5.61. The minimum Gasteiger partial charge on any atom is -0.466 e. The van der Waals surface area contributed by atoms with Crippen molar-refractivity contribution in [2.45, 2.75) is 26.3 Å². The Hall–Kier alpha value is -1.14. The van der Waals surface area contributed by atoms with Crippen LogP contribution in [0.5, 0.6) is 0 Å². The van der Waals surface area contributed by atoms with E-state index >= 15 is 0 Å². The normalized spacial score (nSPS) is 20.8. The number of likely N-dealkylation sites (tertiary alicyclic amines) is 1. The van der Waals surface area contributed by atoms with Gasteiger partial charge in [0.05, 0.1) is 12.5 Å². The second-order valence-electron chi connectivity index (χ2n) is 4.49. The zero-order valence-corrected chi connectivity index (χ0v) is 11.4. The first kappa shape index (κ1) is 13.3. The van der Waals surface area contributed by atoms with Crippen LogP contribution in [0, 0.1) is 5.92 Å². The molecule has 1 fully saturated rings. The number of nitrogen functional groups attached to an aromatic ring is 1. The van der Waals surface area contributed by atoms with Gasteiger partial charge in [0, 0.05) is 24.2 Å². The number of rotatable bonds is 4. The number of piperidine rings is 1. The molecule has 0 aliphatic carbocycles. The van der Waals surface area contributed by atoms with Crippen molar-refractivity contribution in [1.29, 1.82) is 0 Å². The van der Waals surface area contributed by atoms with Gasteiger partial charge in [0.1, 0.15) is 0 Å². The third-order valence-electron chi connectivity index (χ3n) is 3.08. The molecule has 1 aromatic heterocycles. The van der Waals surface area contributed by atoms with E-state index in [1.165, 1.54) is 11.3 Å². The molecule has 1 aliphatic rings. The maximum Gasteiger partial charge on any atom is 0.310 e. The standard InChI is InChI=1S/C12H19N3O2S/c1-2-17-11(16)9-4-3-5-15(7-9)8-10-6-14-12(13)18-10/h6,9H,2-5,7-8H2,1H3,(H2,13,14)/t9-/m1/s1. The Morgan fingerprint density at radius 1 is 1.72 bits per heavy atom.